The molecule has 2 heterocycles. The molecule has 384 valence electrons. The van der Waals surface area contributed by atoms with E-state index in [1.54, 1.807) is 78.2 Å². The van der Waals surface area contributed by atoms with Gasteiger partial charge in [0.15, 0.2) is 46.0 Å². The Labute approximate surface area is 419 Å². The van der Waals surface area contributed by atoms with Crippen LogP contribution in [0.5, 0.6) is 63.2 Å². The number of methoxy groups -OCH3 is 11. The number of esters is 1. The summed E-state index contributed by atoms with van der Waals surface area (Å²) in [5, 5.41) is 0. The highest BCUT2D eigenvalue weighted by atomic mass is 16.6. The maximum absolute atomic E-state index is 13.3. The zero-order valence-electron chi connectivity index (χ0n) is 43.8. The molecule has 0 radical (unpaired) electrons. The zero-order chi connectivity index (χ0) is 51.5. The average Bonchev–Trinajstić information content (AvgIpc) is 3.39. The van der Waals surface area contributed by atoms with E-state index in [1.165, 1.54) is 0 Å². The number of nitrogens with zero attached hydrogens (tertiary/aromatic N) is 2. The van der Waals surface area contributed by atoms with Gasteiger partial charge in [0, 0.05) is 50.9 Å². The largest absolute Gasteiger partial charge is 0.493 e. The number of rotatable bonds is 23. The van der Waals surface area contributed by atoms with Crippen molar-refractivity contribution >= 4 is 11.8 Å². The smallest absolute Gasteiger partial charge is 0.384 e. The molecule has 16 nitrogen and oxygen atoms in total. The topological polar surface area (TPSA) is 145 Å². The number of Topliss-reactive ketones (excluding diaryl/α,β-unsaturated/α-hetero) is 1. The maximum Gasteiger partial charge on any atom is 0.384 e. The van der Waals surface area contributed by atoms with Crippen LogP contribution in [0.15, 0.2) is 42.5 Å². The number of fused-ring (bicyclic) bond motifs is 2. The Morgan fingerprint density at radius 2 is 0.930 bits per heavy atom. The molecule has 0 saturated carbocycles. The summed E-state index contributed by atoms with van der Waals surface area (Å²) in [7, 11) is 22.2. The lowest BCUT2D eigenvalue weighted by Gasteiger charge is -2.46. The first-order valence-electron chi connectivity index (χ1n) is 23.8. The van der Waals surface area contributed by atoms with Gasteiger partial charge < -0.3 is 65.8 Å². The van der Waals surface area contributed by atoms with Crippen LogP contribution in [0.3, 0.4) is 0 Å². The fourth-order valence-corrected chi connectivity index (χ4v) is 10.6. The first kappa shape index (κ1) is 53.6. The molecule has 0 N–H and O–H groups in total. The van der Waals surface area contributed by atoms with E-state index >= 15 is 0 Å². The van der Waals surface area contributed by atoms with Crippen molar-refractivity contribution in [3.63, 3.8) is 0 Å². The molecule has 0 amide bonds. The third-order valence-electron chi connectivity index (χ3n) is 14.3. The monoisotopic (exact) mass is 984 g/mol. The first-order chi connectivity index (χ1) is 34.2. The van der Waals surface area contributed by atoms with Crippen LogP contribution in [0, 0.1) is 11.8 Å². The molecule has 71 heavy (non-hydrogen) atoms. The van der Waals surface area contributed by atoms with Crippen LogP contribution in [0.25, 0.3) is 0 Å². The van der Waals surface area contributed by atoms with Crippen molar-refractivity contribution in [1.82, 2.24) is 0 Å². The molecule has 4 aromatic rings. The van der Waals surface area contributed by atoms with Crippen LogP contribution >= 0.6 is 0 Å². The molecule has 0 fully saturated rings. The van der Waals surface area contributed by atoms with E-state index in [0.29, 0.717) is 111 Å². The zero-order valence-corrected chi connectivity index (χ0v) is 43.8. The minimum absolute atomic E-state index is 0.0786. The number of hydrogen-bond acceptors (Lipinski definition) is 14. The molecule has 0 aliphatic carbocycles. The number of benzene rings is 4. The summed E-state index contributed by atoms with van der Waals surface area (Å²) in [6.07, 6.45) is 4.02. The van der Waals surface area contributed by atoms with Gasteiger partial charge >= 0.3 is 5.97 Å². The van der Waals surface area contributed by atoms with Crippen molar-refractivity contribution < 1.29 is 75.4 Å². The number of likely N-dealkylation sites (N-methyl/N-ethyl adjacent to an activating group) is 2. The average molecular weight is 985 g/mol. The number of carbonyl (C=O) groups is 2. The van der Waals surface area contributed by atoms with Crippen LogP contribution in [0.1, 0.15) is 64.7 Å². The van der Waals surface area contributed by atoms with Gasteiger partial charge in [-0.05, 0) is 64.6 Å². The van der Waals surface area contributed by atoms with Gasteiger partial charge in [-0.15, -0.1) is 0 Å². The maximum atomic E-state index is 13.3. The number of ether oxygens (including phenoxy) is 12. The molecule has 2 aliphatic heterocycles. The van der Waals surface area contributed by atoms with Gasteiger partial charge in [0.2, 0.25) is 23.0 Å². The predicted octanol–water partition coefficient (Wildman–Crippen LogP) is 7.34. The van der Waals surface area contributed by atoms with E-state index in [9.17, 15) is 9.59 Å². The fraction of sp³-hybridized carbons (Fsp3) is 0.491. The summed E-state index contributed by atoms with van der Waals surface area (Å²) in [6.45, 7) is 3.05. The highest BCUT2D eigenvalue weighted by Crippen LogP contribution is 2.52. The minimum Gasteiger partial charge on any atom is -0.493 e. The summed E-state index contributed by atoms with van der Waals surface area (Å²) < 4.78 is 70.4. The standard InChI is InChI=1S/C55H72N2O14/c1-56(25-21-37-33-46(64-7)52(67-10)54(69-12)49(37)40(56)28-35-17-19-42(60-3)43(30-35)61-4)23-14-16-39(58)18-20-48(59)71-27-15-24-57(2)26-22-38-34-47(65-8)53(68-11)55(70-13)50(38)41(57)29-36-31-44(62-5)51(66-9)45(32-36)63-6/h17,19,30-34,40-41H,14-16,21-29H2,1-13H3/q+2. The van der Waals surface area contributed by atoms with Crippen LogP contribution in [-0.4, -0.2) is 146 Å². The van der Waals surface area contributed by atoms with Gasteiger partial charge in [-0.3, -0.25) is 4.79 Å². The molecule has 4 aromatic carbocycles. The highest BCUT2D eigenvalue weighted by Gasteiger charge is 2.44. The predicted molar refractivity (Wildman–Crippen MR) is 268 cm³/mol. The SMILES string of the molecule is COc1ccc(CC2c3c(cc(OC)c(OC)c3OC)CC[N+]2(C)CCCC(=O)C#CC(=O)OCCC[N+]2(C)CCc3cc(OC)c(OC)c(OC)c3C2Cc2cc(OC)c(OC)c(OC)c2)cc1OC. The second kappa shape index (κ2) is 23.9. The second-order valence-electron chi connectivity index (χ2n) is 18.2. The number of quaternary nitrogens is 2. The van der Waals surface area contributed by atoms with Crippen LogP contribution < -0.4 is 52.1 Å². The molecule has 0 saturated heterocycles. The van der Waals surface area contributed by atoms with Crippen molar-refractivity contribution in [2.24, 2.45) is 0 Å². The first-order valence-corrected chi connectivity index (χ1v) is 23.8. The normalized spacial score (nSPS) is 18.8. The van der Waals surface area contributed by atoms with Gasteiger partial charge in [0.05, 0.1) is 136 Å². The van der Waals surface area contributed by atoms with Gasteiger partial charge in [-0.2, -0.15) is 0 Å². The third kappa shape index (κ3) is 11.4. The van der Waals surface area contributed by atoms with E-state index in [4.69, 9.17) is 56.8 Å². The molecule has 0 spiro atoms. The lowest BCUT2D eigenvalue weighted by molar-refractivity contribution is -0.941. The quantitative estimate of drug-likeness (QED) is 0.0183. The molecule has 2 aliphatic rings. The summed E-state index contributed by atoms with van der Waals surface area (Å²) in [4.78, 5) is 26.3. The van der Waals surface area contributed by atoms with Crippen LogP contribution in [-0.2, 0) is 40.0 Å². The van der Waals surface area contributed by atoms with E-state index in [-0.39, 0.29) is 30.9 Å². The van der Waals surface area contributed by atoms with Crippen molar-refractivity contribution in [2.45, 2.75) is 57.0 Å². The molecule has 0 aromatic heterocycles. The Morgan fingerprint density at radius 3 is 1.39 bits per heavy atom. The van der Waals surface area contributed by atoms with Crippen molar-refractivity contribution in [3.05, 3.63) is 75.8 Å². The summed E-state index contributed by atoms with van der Waals surface area (Å²) in [5.74, 6) is 10.4. The fourth-order valence-electron chi connectivity index (χ4n) is 10.6. The van der Waals surface area contributed by atoms with Gasteiger partial charge in [-0.25, -0.2) is 4.79 Å². The Balaban J connectivity index is 1.14. The second-order valence-corrected chi connectivity index (χ2v) is 18.2. The molecule has 16 heteroatoms. The molecule has 0 bridgehead atoms. The van der Waals surface area contributed by atoms with E-state index < -0.39 is 5.97 Å². The number of hydrogen-bond donors (Lipinski definition) is 0. The third-order valence-corrected chi connectivity index (χ3v) is 14.3. The van der Waals surface area contributed by atoms with Crippen molar-refractivity contribution in [3.8, 4) is 75.1 Å². The Morgan fingerprint density at radius 1 is 0.493 bits per heavy atom. The summed E-state index contributed by atoms with van der Waals surface area (Å²) >= 11 is 0. The van der Waals surface area contributed by atoms with E-state index in [2.05, 4.69) is 25.9 Å². The lowest BCUT2D eigenvalue weighted by atomic mass is 9.85. The number of ketones is 1. The number of carbonyl (C=O) groups excluding carboxylic acids is 2. The Bertz CT molecular complexity index is 2580. The van der Waals surface area contributed by atoms with Crippen molar-refractivity contribution in [1.29, 1.82) is 0 Å². The van der Waals surface area contributed by atoms with E-state index in [0.717, 1.165) is 59.3 Å². The molecule has 4 atom stereocenters. The molecule has 4 unspecified atom stereocenters. The molecule has 6 rings (SSSR count). The molecular formula is C55H72N2O14+2. The van der Waals surface area contributed by atoms with E-state index in [1.807, 2.05) is 42.5 Å². The van der Waals surface area contributed by atoms with Gasteiger partial charge in [0.25, 0.3) is 0 Å². The van der Waals surface area contributed by atoms with Gasteiger partial charge in [0.1, 0.15) is 12.1 Å². The Kier molecular flexibility index (Phi) is 18.1. The summed E-state index contributed by atoms with van der Waals surface area (Å²) in [5.41, 5.74) is 6.31. The molecular weight excluding hydrogens is 913 g/mol. The van der Waals surface area contributed by atoms with Crippen LogP contribution in [0.2, 0.25) is 0 Å². The lowest BCUT2D eigenvalue weighted by Crippen LogP contribution is -2.52. The van der Waals surface area contributed by atoms with Crippen LogP contribution in [0.4, 0.5) is 0 Å². The highest BCUT2D eigenvalue weighted by molar-refractivity contribution is 6.01. The van der Waals surface area contributed by atoms with Crippen molar-refractivity contribution in [2.75, 3.05) is 125 Å². The van der Waals surface area contributed by atoms with Gasteiger partial charge in [-0.1, -0.05) is 6.07 Å². The summed E-state index contributed by atoms with van der Waals surface area (Å²) in [6, 6.07) is 13.8. The Hall–Kier alpha value is -6.70. The minimum atomic E-state index is -0.740.